The fourth-order valence-corrected chi connectivity index (χ4v) is 1.45. The van der Waals surface area contributed by atoms with Gasteiger partial charge in [0, 0.05) is 26.0 Å². The summed E-state index contributed by atoms with van der Waals surface area (Å²) in [6.45, 7) is 0.725. The molecule has 1 unspecified atom stereocenters. The molecule has 4 nitrogen and oxygen atoms in total. The number of hydrogen-bond acceptors (Lipinski definition) is 2. The van der Waals surface area contributed by atoms with Gasteiger partial charge in [0.2, 0.25) is 0 Å². The topological polar surface area (TPSA) is 45.2 Å². The van der Waals surface area contributed by atoms with E-state index in [1.807, 2.05) is 12.1 Å². The van der Waals surface area contributed by atoms with Crippen LogP contribution in [0.5, 0.6) is 0 Å². The average molecular weight is 177 g/mol. The Kier molecular flexibility index (Phi) is 1.88. The number of amides is 2. The van der Waals surface area contributed by atoms with E-state index in [4.69, 9.17) is 0 Å². The smallest absolute Gasteiger partial charge is 0.317 e. The second-order valence-corrected chi connectivity index (χ2v) is 3.16. The summed E-state index contributed by atoms with van der Waals surface area (Å²) in [5, 5.41) is 2.88. The summed E-state index contributed by atoms with van der Waals surface area (Å²) in [7, 11) is 1.79. The van der Waals surface area contributed by atoms with Crippen LogP contribution in [0.2, 0.25) is 0 Å². The molecule has 0 saturated carbocycles. The zero-order chi connectivity index (χ0) is 9.26. The number of nitrogens with one attached hydrogen (secondary N) is 1. The van der Waals surface area contributed by atoms with E-state index in [1.54, 1.807) is 24.3 Å². The molecule has 0 spiro atoms. The minimum Gasteiger partial charge on any atom is -0.329 e. The van der Waals surface area contributed by atoms with Crippen LogP contribution in [0.4, 0.5) is 4.79 Å². The monoisotopic (exact) mass is 177 g/mol. The summed E-state index contributed by atoms with van der Waals surface area (Å²) < 4.78 is 0. The molecule has 0 aromatic carbocycles. The molecule has 0 aliphatic carbocycles. The Hall–Kier alpha value is -1.58. The molecule has 13 heavy (non-hydrogen) atoms. The summed E-state index contributed by atoms with van der Waals surface area (Å²) in [6, 6.07) is 3.94. The normalized spacial score (nSPS) is 21.8. The number of carbonyl (C=O) groups excluding carboxylic acids is 1. The van der Waals surface area contributed by atoms with Crippen molar-refractivity contribution in [1.29, 1.82) is 0 Å². The van der Waals surface area contributed by atoms with Crippen molar-refractivity contribution in [2.75, 3.05) is 13.6 Å². The highest BCUT2D eigenvalue weighted by molar-refractivity contribution is 5.76. The Morgan fingerprint density at radius 3 is 2.77 bits per heavy atom. The van der Waals surface area contributed by atoms with Crippen molar-refractivity contribution in [1.82, 2.24) is 15.2 Å². The molecule has 1 aliphatic heterocycles. The van der Waals surface area contributed by atoms with E-state index >= 15 is 0 Å². The summed E-state index contributed by atoms with van der Waals surface area (Å²) in [5.74, 6) is 0. The number of nitrogens with zero attached hydrogens (tertiary/aromatic N) is 2. The van der Waals surface area contributed by atoms with E-state index in [0.717, 1.165) is 12.1 Å². The van der Waals surface area contributed by atoms with Crippen LogP contribution in [-0.4, -0.2) is 29.5 Å². The van der Waals surface area contributed by atoms with Gasteiger partial charge in [-0.3, -0.25) is 4.98 Å². The van der Waals surface area contributed by atoms with Crippen LogP contribution < -0.4 is 5.32 Å². The Balaban J connectivity index is 2.17. The van der Waals surface area contributed by atoms with E-state index in [9.17, 15) is 4.79 Å². The van der Waals surface area contributed by atoms with Crippen LogP contribution in [0.25, 0.3) is 0 Å². The largest absolute Gasteiger partial charge is 0.329 e. The van der Waals surface area contributed by atoms with E-state index in [-0.39, 0.29) is 12.1 Å². The van der Waals surface area contributed by atoms with Crippen LogP contribution in [0.1, 0.15) is 11.6 Å². The maximum absolute atomic E-state index is 11.2. The van der Waals surface area contributed by atoms with E-state index in [2.05, 4.69) is 10.3 Å². The van der Waals surface area contributed by atoms with E-state index < -0.39 is 0 Å². The van der Waals surface area contributed by atoms with E-state index in [0.29, 0.717) is 0 Å². The Labute approximate surface area is 76.6 Å². The number of rotatable bonds is 1. The molecule has 1 aromatic rings. The molecule has 1 N–H and O–H groups in total. The fraction of sp³-hybridized carbons (Fsp3) is 0.333. The van der Waals surface area contributed by atoms with Gasteiger partial charge in [-0.25, -0.2) is 4.79 Å². The first kappa shape index (κ1) is 8.04. The van der Waals surface area contributed by atoms with Crippen molar-refractivity contribution in [3.05, 3.63) is 30.1 Å². The molecule has 2 heterocycles. The van der Waals surface area contributed by atoms with E-state index in [1.165, 1.54) is 0 Å². The number of urea groups is 1. The van der Waals surface area contributed by atoms with Crippen LogP contribution in [0, 0.1) is 0 Å². The van der Waals surface area contributed by atoms with Crippen LogP contribution in [0.3, 0.4) is 0 Å². The van der Waals surface area contributed by atoms with Crippen molar-refractivity contribution >= 4 is 6.03 Å². The number of likely N-dealkylation sites (N-methyl/N-ethyl adjacent to an activating group) is 1. The zero-order valence-electron chi connectivity index (χ0n) is 7.40. The van der Waals surface area contributed by atoms with Crippen LogP contribution >= 0.6 is 0 Å². The third-order valence-electron chi connectivity index (χ3n) is 2.21. The summed E-state index contributed by atoms with van der Waals surface area (Å²) in [6.07, 6.45) is 3.47. The van der Waals surface area contributed by atoms with Gasteiger partial charge in [-0.15, -0.1) is 0 Å². The quantitative estimate of drug-likeness (QED) is 0.689. The summed E-state index contributed by atoms with van der Waals surface area (Å²) >= 11 is 0. The van der Waals surface area contributed by atoms with Crippen LogP contribution in [-0.2, 0) is 0 Å². The lowest BCUT2D eigenvalue weighted by Crippen LogP contribution is -2.23. The molecular formula is C9H11N3O. The minimum atomic E-state index is -0.0122. The predicted octanol–water partition coefficient (Wildman–Crippen LogP) is 0.778. The number of carbonyl (C=O) groups is 1. The number of hydrogen-bond donors (Lipinski definition) is 1. The van der Waals surface area contributed by atoms with Crippen molar-refractivity contribution in [2.45, 2.75) is 6.04 Å². The summed E-state index contributed by atoms with van der Waals surface area (Å²) in [5.41, 5.74) is 1.10. The van der Waals surface area contributed by atoms with Gasteiger partial charge in [0.25, 0.3) is 0 Å². The second-order valence-electron chi connectivity index (χ2n) is 3.16. The first-order valence-electron chi connectivity index (χ1n) is 4.19. The number of pyridine rings is 1. The molecule has 0 bridgehead atoms. The molecule has 2 amide bonds. The lowest BCUT2D eigenvalue weighted by atomic mass is 10.1. The molecule has 1 saturated heterocycles. The molecular weight excluding hydrogens is 166 g/mol. The fourth-order valence-electron chi connectivity index (χ4n) is 1.45. The maximum Gasteiger partial charge on any atom is 0.317 e. The molecule has 0 radical (unpaired) electrons. The van der Waals surface area contributed by atoms with Gasteiger partial charge in [0.15, 0.2) is 0 Å². The lowest BCUT2D eigenvalue weighted by molar-refractivity contribution is 0.226. The number of aromatic nitrogens is 1. The maximum atomic E-state index is 11.2. The van der Waals surface area contributed by atoms with Gasteiger partial charge < -0.3 is 10.2 Å². The SMILES string of the molecule is CN1CC(c2ccncc2)NC1=O. The van der Waals surface area contributed by atoms with Crippen molar-refractivity contribution in [2.24, 2.45) is 0 Å². The zero-order valence-corrected chi connectivity index (χ0v) is 7.40. The Bertz CT molecular complexity index is 312. The highest BCUT2D eigenvalue weighted by Crippen LogP contribution is 2.17. The van der Waals surface area contributed by atoms with Crippen molar-refractivity contribution < 1.29 is 4.79 Å². The minimum absolute atomic E-state index is 0.0122. The Morgan fingerprint density at radius 2 is 2.23 bits per heavy atom. The molecule has 2 rings (SSSR count). The molecule has 1 aliphatic rings. The highest BCUT2D eigenvalue weighted by atomic mass is 16.2. The predicted molar refractivity (Wildman–Crippen MR) is 48.1 cm³/mol. The van der Waals surface area contributed by atoms with Gasteiger partial charge in [-0.05, 0) is 17.7 Å². The van der Waals surface area contributed by atoms with Gasteiger partial charge in [-0.1, -0.05) is 0 Å². The van der Waals surface area contributed by atoms with Crippen molar-refractivity contribution in [3.63, 3.8) is 0 Å². The Morgan fingerprint density at radius 1 is 1.54 bits per heavy atom. The molecule has 68 valence electrons. The first-order chi connectivity index (χ1) is 6.27. The molecule has 4 heteroatoms. The molecule has 1 aromatic heterocycles. The van der Waals surface area contributed by atoms with Gasteiger partial charge >= 0.3 is 6.03 Å². The second kappa shape index (κ2) is 3.05. The molecule has 1 atom stereocenters. The third kappa shape index (κ3) is 1.47. The first-order valence-corrected chi connectivity index (χ1v) is 4.19. The molecule has 1 fully saturated rings. The van der Waals surface area contributed by atoms with Crippen LogP contribution in [0.15, 0.2) is 24.5 Å². The van der Waals surface area contributed by atoms with Gasteiger partial charge in [-0.2, -0.15) is 0 Å². The van der Waals surface area contributed by atoms with Gasteiger partial charge in [0.1, 0.15) is 0 Å². The average Bonchev–Trinajstić information content (AvgIpc) is 2.49. The lowest BCUT2D eigenvalue weighted by Gasteiger charge is -2.08. The standard InChI is InChI=1S/C9H11N3O/c1-12-6-8(11-9(12)13)7-2-4-10-5-3-7/h2-5,8H,6H2,1H3,(H,11,13). The van der Waals surface area contributed by atoms with Gasteiger partial charge in [0.05, 0.1) is 6.04 Å². The van der Waals surface area contributed by atoms with Crippen molar-refractivity contribution in [3.8, 4) is 0 Å². The third-order valence-corrected chi connectivity index (χ3v) is 2.21. The summed E-state index contributed by atoms with van der Waals surface area (Å²) in [4.78, 5) is 16.8. The highest BCUT2D eigenvalue weighted by Gasteiger charge is 2.26.